The van der Waals surface area contributed by atoms with Crippen LogP contribution in [0.1, 0.15) is 32.8 Å². The average molecular weight is 417 g/mol. The van der Waals surface area contributed by atoms with E-state index in [0.717, 1.165) is 5.56 Å². The molecule has 0 aliphatic carbocycles. The van der Waals surface area contributed by atoms with Gasteiger partial charge in [-0.15, -0.1) is 0 Å². The summed E-state index contributed by atoms with van der Waals surface area (Å²) in [6, 6.07) is 16.2. The summed E-state index contributed by atoms with van der Waals surface area (Å²) >= 11 is 5.89. The fourth-order valence-electron chi connectivity index (χ4n) is 3.04. The van der Waals surface area contributed by atoms with Gasteiger partial charge in [0.25, 0.3) is 5.91 Å². The van der Waals surface area contributed by atoms with E-state index in [1.54, 1.807) is 29.2 Å². The molecular formula is C23H29ClN2O3. The summed E-state index contributed by atoms with van der Waals surface area (Å²) < 4.78 is 5.63. The average Bonchev–Trinajstić information content (AvgIpc) is 2.70. The van der Waals surface area contributed by atoms with Crippen LogP contribution >= 0.6 is 11.6 Å². The lowest BCUT2D eigenvalue weighted by atomic mass is 10.1. The summed E-state index contributed by atoms with van der Waals surface area (Å²) in [4.78, 5) is 27.3. The molecule has 0 heterocycles. The highest BCUT2D eigenvalue weighted by molar-refractivity contribution is 6.30. The molecule has 0 saturated heterocycles. The summed E-state index contributed by atoms with van der Waals surface area (Å²) in [5.74, 6) is 0.197. The molecule has 5 nitrogen and oxygen atoms in total. The predicted octanol–water partition coefficient (Wildman–Crippen LogP) is 4.09. The first-order valence-electron chi connectivity index (χ1n) is 9.92. The number of rotatable bonds is 10. The molecule has 156 valence electrons. The van der Waals surface area contributed by atoms with Crippen LogP contribution in [0.25, 0.3) is 0 Å². The third kappa shape index (κ3) is 7.42. The van der Waals surface area contributed by atoms with E-state index < -0.39 is 6.04 Å². The van der Waals surface area contributed by atoms with Gasteiger partial charge in [-0.25, -0.2) is 0 Å². The van der Waals surface area contributed by atoms with Gasteiger partial charge in [0.2, 0.25) is 5.91 Å². The lowest BCUT2D eigenvalue weighted by molar-refractivity contribution is -0.142. The number of carbonyl (C=O) groups excluding carboxylic acids is 2. The topological polar surface area (TPSA) is 58.6 Å². The van der Waals surface area contributed by atoms with Crippen LogP contribution in [-0.4, -0.2) is 41.9 Å². The highest BCUT2D eigenvalue weighted by atomic mass is 35.5. The van der Waals surface area contributed by atoms with Crippen molar-refractivity contribution in [2.45, 2.75) is 45.7 Å². The Labute approximate surface area is 178 Å². The molecule has 1 unspecified atom stereocenters. The maximum absolute atomic E-state index is 13.0. The zero-order valence-corrected chi connectivity index (χ0v) is 18.0. The third-order valence-corrected chi connectivity index (χ3v) is 4.73. The minimum absolute atomic E-state index is 0.00735. The van der Waals surface area contributed by atoms with Crippen molar-refractivity contribution in [1.29, 1.82) is 0 Å². The van der Waals surface area contributed by atoms with Crippen LogP contribution in [0.5, 0.6) is 5.75 Å². The number of nitrogens with one attached hydrogen (secondary N) is 1. The van der Waals surface area contributed by atoms with E-state index in [1.165, 1.54) is 0 Å². The fraction of sp³-hybridized carbons (Fsp3) is 0.391. The minimum Gasteiger partial charge on any atom is -0.484 e. The molecule has 0 aliphatic rings. The Hall–Kier alpha value is -2.53. The van der Waals surface area contributed by atoms with Gasteiger partial charge >= 0.3 is 0 Å². The van der Waals surface area contributed by atoms with Crippen LogP contribution < -0.4 is 10.1 Å². The number of hydrogen-bond donors (Lipinski definition) is 1. The SMILES string of the molecule is CCC(C(=O)NC(C)C)N(CCc1ccccc1)C(=O)COc1ccc(Cl)cc1. The lowest BCUT2D eigenvalue weighted by Gasteiger charge is -2.31. The number of ether oxygens (including phenoxy) is 1. The second kappa shape index (κ2) is 11.5. The first-order chi connectivity index (χ1) is 13.9. The number of amides is 2. The monoisotopic (exact) mass is 416 g/mol. The van der Waals surface area contributed by atoms with E-state index in [-0.39, 0.29) is 24.5 Å². The second-order valence-electron chi connectivity index (χ2n) is 7.15. The molecule has 29 heavy (non-hydrogen) atoms. The molecule has 2 aromatic carbocycles. The maximum Gasteiger partial charge on any atom is 0.261 e. The molecule has 0 fully saturated rings. The zero-order chi connectivity index (χ0) is 21.2. The van der Waals surface area contributed by atoms with Gasteiger partial charge in [0, 0.05) is 17.6 Å². The Morgan fingerprint density at radius 1 is 1.07 bits per heavy atom. The molecule has 2 rings (SSSR count). The van der Waals surface area contributed by atoms with Gasteiger partial charge in [-0.05, 0) is 56.5 Å². The normalized spacial score (nSPS) is 11.8. The van der Waals surface area contributed by atoms with Gasteiger partial charge in [0.05, 0.1) is 0 Å². The molecule has 0 aliphatic heterocycles. The molecule has 0 aromatic heterocycles. The van der Waals surface area contributed by atoms with E-state index in [0.29, 0.717) is 30.2 Å². The maximum atomic E-state index is 13.0. The molecule has 2 amide bonds. The molecule has 1 atom stereocenters. The molecule has 0 bridgehead atoms. The van der Waals surface area contributed by atoms with Crippen molar-refractivity contribution in [3.63, 3.8) is 0 Å². The van der Waals surface area contributed by atoms with Gasteiger partial charge < -0.3 is 15.0 Å². The van der Waals surface area contributed by atoms with Crippen molar-refractivity contribution in [3.05, 3.63) is 65.2 Å². The van der Waals surface area contributed by atoms with Gasteiger partial charge in [-0.2, -0.15) is 0 Å². The van der Waals surface area contributed by atoms with E-state index >= 15 is 0 Å². The lowest BCUT2D eigenvalue weighted by Crippen LogP contribution is -2.52. The van der Waals surface area contributed by atoms with Crippen LogP contribution in [0.15, 0.2) is 54.6 Å². The highest BCUT2D eigenvalue weighted by Gasteiger charge is 2.28. The quantitative estimate of drug-likeness (QED) is 0.634. The van der Waals surface area contributed by atoms with Crippen molar-refractivity contribution in [3.8, 4) is 5.75 Å². The summed E-state index contributed by atoms with van der Waals surface area (Å²) in [5, 5.41) is 3.52. The summed E-state index contributed by atoms with van der Waals surface area (Å²) in [7, 11) is 0. The van der Waals surface area contributed by atoms with E-state index in [1.807, 2.05) is 51.1 Å². The first-order valence-corrected chi connectivity index (χ1v) is 10.3. The number of carbonyl (C=O) groups is 2. The third-order valence-electron chi connectivity index (χ3n) is 4.48. The number of benzene rings is 2. The number of halogens is 1. The predicted molar refractivity (Wildman–Crippen MR) is 116 cm³/mol. The first kappa shape index (κ1) is 22.8. The smallest absolute Gasteiger partial charge is 0.261 e. The second-order valence-corrected chi connectivity index (χ2v) is 7.59. The van der Waals surface area contributed by atoms with E-state index in [2.05, 4.69) is 5.32 Å². The molecular weight excluding hydrogens is 388 g/mol. The summed E-state index contributed by atoms with van der Waals surface area (Å²) in [6.07, 6.45) is 1.19. The zero-order valence-electron chi connectivity index (χ0n) is 17.2. The summed E-state index contributed by atoms with van der Waals surface area (Å²) in [5.41, 5.74) is 1.11. The number of nitrogens with zero attached hydrogens (tertiary/aromatic N) is 1. The molecule has 0 radical (unpaired) electrons. The fourth-order valence-corrected chi connectivity index (χ4v) is 3.16. The highest BCUT2D eigenvalue weighted by Crippen LogP contribution is 2.16. The van der Waals surface area contributed by atoms with E-state index in [9.17, 15) is 9.59 Å². The van der Waals surface area contributed by atoms with Gasteiger partial charge in [0.1, 0.15) is 11.8 Å². The molecule has 0 spiro atoms. The van der Waals surface area contributed by atoms with Crippen molar-refractivity contribution in [1.82, 2.24) is 10.2 Å². The summed E-state index contributed by atoms with van der Waals surface area (Å²) in [6.45, 7) is 6.03. The molecule has 0 saturated carbocycles. The van der Waals surface area contributed by atoms with Gasteiger partial charge in [-0.3, -0.25) is 9.59 Å². The van der Waals surface area contributed by atoms with Crippen LogP contribution in [0.2, 0.25) is 5.02 Å². The Balaban J connectivity index is 2.11. The molecule has 1 N–H and O–H groups in total. The van der Waals surface area contributed by atoms with Crippen molar-refractivity contribution in [2.75, 3.05) is 13.2 Å². The Morgan fingerprint density at radius 3 is 2.31 bits per heavy atom. The van der Waals surface area contributed by atoms with Gasteiger partial charge in [0.15, 0.2) is 6.61 Å². The van der Waals surface area contributed by atoms with Crippen LogP contribution in [0.3, 0.4) is 0 Å². The van der Waals surface area contributed by atoms with Crippen LogP contribution in [0.4, 0.5) is 0 Å². The molecule has 2 aromatic rings. The standard InChI is InChI=1S/C23H29ClN2O3/c1-4-21(23(28)25-17(2)3)26(15-14-18-8-6-5-7-9-18)22(27)16-29-20-12-10-19(24)11-13-20/h5-13,17,21H,4,14-16H2,1-3H3,(H,25,28). The minimum atomic E-state index is -0.539. The van der Waals surface area contributed by atoms with Crippen LogP contribution in [0, 0.1) is 0 Å². The number of hydrogen-bond acceptors (Lipinski definition) is 3. The Kier molecular flexibility index (Phi) is 9.00. The largest absolute Gasteiger partial charge is 0.484 e. The Morgan fingerprint density at radius 2 is 1.72 bits per heavy atom. The molecule has 6 heteroatoms. The van der Waals surface area contributed by atoms with Gasteiger partial charge in [-0.1, -0.05) is 48.9 Å². The van der Waals surface area contributed by atoms with Crippen molar-refractivity contribution in [2.24, 2.45) is 0 Å². The van der Waals surface area contributed by atoms with E-state index in [4.69, 9.17) is 16.3 Å². The van der Waals surface area contributed by atoms with Crippen molar-refractivity contribution >= 4 is 23.4 Å². The Bertz CT molecular complexity index is 778. The van der Waals surface area contributed by atoms with Crippen molar-refractivity contribution < 1.29 is 14.3 Å². The van der Waals surface area contributed by atoms with Crippen LogP contribution in [-0.2, 0) is 16.0 Å².